The lowest BCUT2D eigenvalue weighted by Gasteiger charge is -2.26. The predicted octanol–water partition coefficient (Wildman–Crippen LogP) is 14.4. The first-order chi connectivity index (χ1) is 29.5. The quantitative estimate of drug-likeness (QED) is 0.175. The maximum Gasteiger partial charge on any atom is 0.143 e. The van der Waals surface area contributed by atoms with E-state index in [2.05, 4.69) is 48.5 Å². The molecule has 0 radical (unpaired) electrons. The maximum absolute atomic E-state index is 9.40. The van der Waals surface area contributed by atoms with Gasteiger partial charge in [0.1, 0.15) is 11.2 Å². The molecule has 1 heterocycles. The Kier molecular flexibility index (Phi) is 5.28. The van der Waals surface area contributed by atoms with Crippen LogP contribution in [-0.2, 0) is 0 Å². The summed E-state index contributed by atoms with van der Waals surface area (Å²) in [7, 11) is 0. The predicted molar refractivity (Wildman–Crippen MR) is 220 cm³/mol. The van der Waals surface area contributed by atoms with Gasteiger partial charge in [-0.2, -0.15) is 0 Å². The molecule has 0 N–H and O–H groups in total. The van der Waals surface area contributed by atoms with E-state index >= 15 is 0 Å². The van der Waals surface area contributed by atoms with E-state index in [9.17, 15) is 5.48 Å². The van der Waals surface area contributed by atoms with Crippen molar-refractivity contribution in [1.29, 1.82) is 0 Å². The first-order valence-electron chi connectivity index (χ1n) is 21.5. The third-order valence-corrected chi connectivity index (χ3v) is 9.64. The van der Waals surface area contributed by atoms with E-state index in [1.165, 1.54) is 0 Å². The smallest absolute Gasteiger partial charge is 0.143 e. The summed E-state index contributed by atoms with van der Waals surface area (Å²) in [4.78, 5) is 1.67. The minimum Gasteiger partial charge on any atom is -0.455 e. The van der Waals surface area contributed by atoms with Crippen molar-refractivity contribution in [2.24, 2.45) is 0 Å². The van der Waals surface area contributed by atoms with Crippen LogP contribution >= 0.6 is 0 Å². The van der Waals surface area contributed by atoms with Gasteiger partial charge in [0, 0.05) is 33.2 Å². The van der Waals surface area contributed by atoms with E-state index in [0.717, 1.165) is 65.7 Å². The lowest BCUT2D eigenvalue weighted by Crippen LogP contribution is -2.09. The van der Waals surface area contributed by atoms with Crippen LogP contribution in [0.25, 0.3) is 76.9 Å². The molecule has 2 nitrogen and oxygen atoms in total. The Morgan fingerprint density at radius 2 is 0.962 bits per heavy atom. The Bertz CT molecular complexity index is 3350. The van der Waals surface area contributed by atoms with Crippen molar-refractivity contribution in [3.05, 3.63) is 200 Å². The van der Waals surface area contributed by atoms with Gasteiger partial charge < -0.3 is 9.32 Å². The van der Waals surface area contributed by atoms with Crippen molar-refractivity contribution in [2.75, 3.05) is 4.90 Å². The third-order valence-electron chi connectivity index (χ3n) is 9.64. The molecule has 0 aliphatic carbocycles. The number of hydrogen-bond donors (Lipinski definition) is 0. The van der Waals surface area contributed by atoms with Gasteiger partial charge in [0.25, 0.3) is 0 Å². The Morgan fingerprint density at radius 3 is 1.69 bits per heavy atom. The van der Waals surface area contributed by atoms with Gasteiger partial charge in [0.2, 0.25) is 0 Å². The van der Waals surface area contributed by atoms with E-state index in [1.807, 2.05) is 97.1 Å². The summed E-state index contributed by atoms with van der Waals surface area (Å²) in [6.45, 7) is 0. The number of furan rings is 1. The van der Waals surface area contributed by atoms with Gasteiger partial charge in [-0.05, 0) is 98.0 Å². The molecule has 244 valence electrons. The molecule has 0 aliphatic heterocycles. The van der Waals surface area contributed by atoms with Gasteiger partial charge in [0.15, 0.2) is 0 Å². The summed E-state index contributed by atoms with van der Waals surface area (Å²) in [6.07, 6.45) is 0. The Hall–Kier alpha value is -6.90. The highest BCUT2D eigenvalue weighted by Crippen LogP contribution is 2.42. The highest BCUT2D eigenvalue weighted by molar-refractivity contribution is 6.19. The minimum absolute atomic E-state index is 0.0633. The maximum atomic E-state index is 9.40. The summed E-state index contributed by atoms with van der Waals surface area (Å²) >= 11 is 0. The van der Waals surface area contributed by atoms with Crippen molar-refractivity contribution in [1.82, 2.24) is 0 Å². The molecule has 0 amide bonds. The molecule has 9 aromatic carbocycles. The molecule has 0 atom stereocenters. The van der Waals surface area contributed by atoms with Crippen LogP contribution in [0.5, 0.6) is 0 Å². The molecule has 0 saturated carbocycles. The van der Waals surface area contributed by atoms with E-state index in [1.54, 1.807) is 4.90 Å². The Morgan fingerprint density at radius 1 is 0.385 bits per heavy atom. The van der Waals surface area contributed by atoms with Crippen LogP contribution in [0.3, 0.4) is 0 Å². The molecule has 0 spiro atoms. The molecule has 2 heteroatoms. The van der Waals surface area contributed by atoms with Crippen molar-refractivity contribution in [2.45, 2.75) is 0 Å². The van der Waals surface area contributed by atoms with Gasteiger partial charge in [-0.3, -0.25) is 0 Å². The molecule has 0 fully saturated rings. The van der Waals surface area contributed by atoms with Crippen LogP contribution in [0.2, 0.25) is 0 Å². The minimum atomic E-state index is -0.627. The number of rotatable bonds is 6. The molecule has 10 rings (SSSR count). The molecular weight excluding hydrogens is 631 g/mol. The molecular formula is C50H33NO. The lowest BCUT2D eigenvalue weighted by molar-refractivity contribution is 0.673. The second kappa shape index (κ2) is 12.5. The average Bonchev–Trinajstić information content (AvgIpc) is 3.69. The van der Waals surface area contributed by atoms with Crippen LogP contribution in [0, 0.1) is 0 Å². The zero-order chi connectivity index (χ0) is 42.3. The normalized spacial score (nSPS) is 13.9. The van der Waals surface area contributed by atoms with Crippen LogP contribution in [0.15, 0.2) is 204 Å². The fraction of sp³-hybridized carbons (Fsp3) is 0. The lowest BCUT2D eigenvalue weighted by atomic mass is 9.97. The largest absolute Gasteiger partial charge is 0.455 e. The third kappa shape index (κ3) is 5.12. The second-order valence-corrected chi connectivity index (χ2v) is 12.6. The van der Waals surface area contributed by atoms with Gasteiger partial charge in [-0.25, -0.2) is 0 Å². The first-order valence-corrected chi connectivity index (χ1v) is 17.0. The summed E-state index contributed by atoms with van der Waals surface area (Å²) in [5, 5.41) is 6.25. The number of nitrogens with zero attached hydrogens (tertiary/aromatic N) is 1. The van der Waals surface area contributed by atoms with E-state index in [0.29, 0.717) is 11.4 Å². The number of hydrogen-bond acceptors (Lipinski definition) is 2. The van der Waals surface area contributed by atoms with E-state index in [4.69, 9.17) is 11.3 Å². The van der Waals surface area contributed by atoms with Crippen LogP contribution in [-0.4, -0.2) is 0 Å². The zero-order valence-corrected chi connectivity index (χ0v) is 27.7. The zero-order valence-electron chi connectivity index (χ0n) is 36.7. The second-order valence-electron chi connectivity index (χ2n) is 12.6. The molecule has 0 bridgehead atoms. The molecule has 0 aliphatic rings. The van der Waals surface area contributed by atoms with Gasteiger partial charge in [0.05, 0.1) is 12.3 Å². The monoisotopic (exact) mass is 672 g/mol. The standard InChI is InChI=1S/C50H33NO/c1-2-10-34(11-3-1)35-20-27-40(28-21-35)51(41-29-22-38(23-30-41)44-17-8-14-36-12-4-6-15-43(36)44)42-31-24-39(25-32-42)45-18-9-19-48-49(45)47-33-26-37-13-5-7-16-46(37)50(47)52-48/h1-33H/i1D,2D,3D,10D,11D,20D,21D,27D,28D. The average molecular weight is 673 g/mol. The Labute approximate surface area is 315 Å². The van der Waals surface area contributed by atoms with Crippen LogP contribution < -0.4 is 4.90 Å². The fourth-order valence-corrected chi connectivity index (χ4v) is 7.18. The number of anilines is 3. The molecule has 0 saturated heterocycles. The molecule has 1 aromatic heterocycles. The topological polar surface area (TPSA) is 16.4 Å². The number of fused-ring (bicyclic) bond motifs is 6. The highest BCUT2D eigenvalue weighted by atomic mass is 16.3. The molecule has 52 heavy (non-hydrogen) atoms. The van der Waals surface area contributed by atoms with Gasteiger partial charge in [-0.15, -0.1) is 0 Å². The van der Waals surface area contributed by atoms with Crippen molar-refractivity contribution >= 4 is 60.5 Å². The summed E-state index contributed by atoms with van der Waals surface area (Å²) < 4.78 is 85.4. The van der Waals surface area contributed by atoms with Gasteiger partial charge in [-0.1, -0.05) is 151 Å². The van der Waals surface area contributed by atoms with Gasteiger partial charge >= 0.3 is 0 Å². The van der Waals surface area contributed by atoms with E-state index in [-0.39, 0.29) is 16.8 Å². The van der Waals surface area contributed by atoms with Crippen LogP contribution in [0.1, 0.15) is 12.3 Å². The van der Waals surface area contributed by atoms with Crippen molar-refractivity contribution < 1.29 is 16.8 Å². The Balaban J connectivity index is 1.15. The SMILES string of the molecule is [2H]c1c([2H])c([2H])c(-c2c([2H])c([2H])c(N(c3ccc(-c4cccc5ccccc45)cc3)c3ccc(-c4cccc5oc6c7ccccc7ccc6c45)cc3)c([2H])c2[2H])c([2H])c1[2H]. The summed E-state index contributed by atoms with van der Waals surface area (Å²) in [6, 6.07) is 42.8. The number of benzene rings is 9. The van der Waals surface area contributed by atoms with Crippen LogP contribution in [0.4, 0.5) is 17.1 Å². The first kappa shape index (κ1) is 22.0. The van der Waals surface area contributed by atoms with Crippen molar-refractivity contribution in [3.63, 3.8) is 0 Å². The summed E-state index contributed by atoms with van der Waals surface area (Å²) in [5.74, 6) is 0. The van der Waals surface area contributed by atoms with Crippen molar-refractivity contribution in [3.8, 4) is 33.4 Å². The molecule has 0 unspecified atom stereocenters. The summed E-state index contributed by atoms with van der Waals surface area (Å²) in [5.41, 5.74) is 5.67. The fourth-order valence-electron chi connectivity index (χ4n) is 7.18. The highest BCUT2D eigenvalue weighted by Gasteiger charge is 2.17. The van der Waals surface area contributed by atoms with E-state index < -0.39 is 54.4 Å². The molecule has 10 aromatic rings.